The molecule has 1 aromatic heterocycles. The van der Waals surface area contributed by atoms with Crippen molar-refractivity contribution in [1.82, 2.24) is 10.3 Å². The van der Waals surface area contributed by atoms with Gasteiger partial charge in [-0.25, -0.2) is 0 Å². The highest BCUT2D eigenvalue weighted by Gasteiger charge is 2.22. The van der Waals surface area contributed by atoms with Crippen molar-refractivity contribution >= 4 is 0 Å². The molecule has 1 unspecified atom stereocenters. The second-order valence-electron chi connectivity index (χ2n) is 5.01. The number of fused-ring (bicyclic) bond motifs is 1. The van der Waals surface area contributed by atoms with Crippen LogP contribution in [-0.2, 0) is 12.8 Å². The van der Waals surface area contributed by atoms with Gasteiger partial charge in [0.1, 0.15) is 5.75 Å². The predicted octanol–water partition coefficient (Wildman–Crippen LogP) is 2.61. The summed E-state index contributed by atoms with van der Waals surface area (Å²) in [6.45, 7) is 0.936. The number of aromatic hydroxyl groups is 1. The fraction of sp³-hybridized carbons (Fsp3) is 0.312. The molecular weight excluding hydrogens is 236 g/mol. The Bertz CT molecular complexity index is 551. The first kappa shape index (κ1) is 12.2. The highest BCUT2D eigenvalue weighted by atomic mass is 16.3. The lowest BCUT2D eigenvalue weighted by Crippen LogP contribution is -2.22. The standard InChI is InChI=1S/C16H18N2O/c19-14-6-3-12(4-7-14)9-11-17-15-8-5-13-2-1-10-18-16(13)15/h1-4,6-7,10,15,17,19H,5,8-9,11H2. The van der Waals surface area contributed by atoms with Gasteiger partial charge in [0.05, 0.1) is 11.7 Å². The van der Waals surface area contributed by atoms with E-state index in [9.17, 15) is 5.11 Å². The van der Waals surface area contributed by atoms with Crippen LogP contribution in [0.25, 0.3) is 0 Å². The van der Waals surface area contributed by atoms with Crippen molar-refractivity contribution in [2.24, 2.45) is 0 Å². The summed E-state index contributed by atoms with van der Waals surface area (Å²) in [5, 5.41) is 12.8. The number of aryl methyl sites for hydroxylation is 1. The summed E-state index contributed by atoms with van der Waals surface area (Å²) < 4.78 is 0. The van der Waals surface area contributed by atoms with Crippen LogP contribution in [0, 0.1) is 0 Å². The Labute approximate surface area is 113 Å². The summed E-state index contributed by atoms with van der Waals surface area (Å²) >= 11 is 0. The molecule has 3 heteroatoms. The van der Waals surface area contributed by atoms with Crippen molar-refractivity contribution in [3.05, 3.63) is 59.4 Å². The van der Waals surface area contributed by atoms with Crippen LogP contribution in [0.1, 0.15) is 29.3 Å². The van der Waals surface area contributed by atoms with Gasteiger partial charge in [-0.1, -0.05) is 18.2 Å². The molecule has 0 fully saturated rings. The highest BCUT2D eigenvalue weighted by molar-refractivity contribution is 5.28. The molecule has 2 N–H and O–H groups in total. The number of pyridine rings is 1. The quantitative estimate of drug-likeness (QED) is 0.881. The zero-order valence-electron chi connectivity index (χ0n) is 10.8. The van der Waals surface area contributed by atoms with Crippen LogP contribution in [-0.4, -0.2) is 16.6 Å². The molecule has 1 aliphatic carbocycles. The molecule has 0 radical (unpaired) electrons. The Morgan fingerprint density at radius 1 is 1.21 bits per heavy atom. The minimum atomic E-state index is 0.325. The first-order valence-corrected chi connectivity index (χ1v) is 6.78. The molecule has 0 amide bonds. The maximum atomic E-state index is 9.24. The number of benzene rings is 1. The molecular formula is C16H18N2O. The topological polar surface area (TPSA) is 45.1 Å². The van der Waals surface area contributed by atoms with Crippen molar-refractivity contribution in [2.45, 2.75) is 25.3 Å². The van der Waals surface area contributed by atoms with Crippen LogP contribution in [0.15, 0.2) is 42.6 Å². The van der Waals surface area contributed by atoms with Crippen LogP contribution >= 0.6 is 0 Å². The molecule has 0 saturated heterocycles. The van der Waals surface area contributed by atoms with Crippen LogP contribution < -0.4 is 5.32 Å². The number of phenols is 1. The monoisotopic (exact) mass is 254 g/mol. The summed E-state index contributed by atoms with van der Waals surface area (Å²) in [5.41, 5.74) is 3.84. The molecule has 1 heterocycles. The summed E-state index contributed by atoms with van der Waals surface area (Å²) in [6, 6.07) is 12.0. The van der Waals surface area contributed by atoms with Gasteiger partial charge in [-0.2, -0.15) is 0 Å². The van der Waals surface area contributed by atoms with Gasteiger partial charge < -0.3 is 10.4 Å². The normalized spacial score (nSPS) is 17.4. The third-order valence-electron chi connectivity index (χ3n) is 3.70. The van der Waals surface area contributed by atoms with Crippen molar-refractivity contribution in [2.75, 3.05) is 6.54 Å². The largest absolute Gasteiger partial charge is 0.508 e. The fourth-order valence-electron chi connectivity index (χ4n) is 2.66. The summed E-state index contributed by atoms with van der Waals surface area (Å²) in [7, 11) is 0. The Hall–Kier alpha value is -1.87. The van der Waals surface area contributed by atoms with Crippen LogP contribution in [0.2, 0.25) is 0 Å². The molecule has 98 valence electrons. The molecule has 0 aliphatic heterocycles. The third-order valence-corrected chi connectivity index (χ3v) is 3.70. The van der Waals surface area contributed by atoms with Gasteiger partial charge in [-0.15, -0.1) is 0 Å². The molecule has 0 saturated carbocycles. The number of nitrogens with zero attached hydrogens (tertiary/aromatic N) is 1. The molecule has 1 aromatic carbocycles. The molecule has 2 aromatic rings. The third kappa shape index (κ3) is 2.76. The van der Waals surface area contributed by atoms with Crippen molar-refractivity contribution in [1.29, 1.82) is 0 Å². The zero-order chi connectivity index (χ0) is 13.1. The van der Waals surface area contributed by atoms with Crippen LogP contribution in [0.5, 0.6) is 5.75 Å². The van der Waals surface area contributed by atoms with Gasteiger partial charge in [0.2, 0.25) is 0 Å². The lowest BCUT2D eigenvalue weighted by atomic mass is 10.1. The van der Waals surface area contributed by atoms with Gasteiger partial charge in [0.15, 0.2) is 0 Å². The van der Waals surface area contributed by atoms with Gasteiger partial charge in [0, 0.05) is 6.20 Å². The van der Waals surface area contributed by atoms with Crippen molar-refractivity contribution < 1.29 is 5.11 Å². The minimum Gasteiger partial charge on any atom is -0.508 e. The summed E-state index contributed by atoms with van der Waals surface area (Å²) in [4.78, 5) is 4.48. The molecule has 3 rings (SSSR count). The van der Waals surface area contributed by atoms with E-state index in [2.05, 4.69) is 16.4 Å². The maximum absolute atomic E-state index is 9.24. The highest BCUT2D eigenvalue weighted by Crippen LogP contribution is 2.28. The van der Waals surface area contributed by atoms with Gasteiger partial charge >= 0.3 is 0 Å². The molecule has 1 atom stereocenters. The fourth-order valence-corrected chi connectivity index (χ4v) is 2.66. The number of phenolic OH excluding ortho intramolecular Hbond substituents is 1. The number of hydrogen-bond acceptors (Lipinski definition) is 3. The Morgan fingerprint density at radius 2 is 2.05 bits per heavy atom. The number of hydrogen-bond donors (Lipinski definition) is 2. The predicted molar refractivity (Wildman–Crippen MR) is 75.1 cm³/mol. The van der Waals surface area contributed by atoms with E-state index in [0.717, 1.165) is 25.8 Å². The maximum Gasteiger partial charge on any atom is 0.115 e. The summed E-state index contributed by atoms with van der Waals surface area (Å²) in [6.07, 6.45) is 5.11. The first-order chi connectivity index (χ1) is 9.33. The van der Waals surface area contributed by atoms with E-state index in [4.69, 9.17) is 0 Å². The second kappa shape index (κ2) is 5.41. The first-order valence-electron chi connectivity index (χ1n) is 6.78. The number of aromatic nitrogens is 1. The average molecular weight is 254 g/mol. The van der Waals surface area contributed by atoms with E-state index in [1.54, 1.807) is 12.1 Å². The van der Waals surface area contributed by atoms with Gasteiger partial charge in [-0.3, -0.25) is 4.98 Å². The van der Waals surface area contributed by atoms with E-state index < -0.39 is 0 Å². The average Bonchev–Trinajstić information content (AvgIpc) is 2.85. The van der Waals surface area contributed by atoms with E-state index in [-0.39, 0.29) is 0 Å². The lowest BCUT2D eigenvalue weighted by molar-refractivity contribution is 0.475. The molecule has 19 heavy (non-hydrogen) atoms. The Morgan fingerprint density at radius 3 is 2.89 bits per heavy atom. The van der Waals surface area contributed by atoms with Crippen molar-refractivity contribution in [3.8, 4) is 5.75 Å². The van der Waals surface area contributed by atoms with E-state index in [0.29, 0.717) is 11.8 Å². The summed E-state index contributed by atoms with van der Waals surface area (Å²) in [5.74, 6) is 0.325. The SMILES string of the molecule is Oc1ccc(CCNC2CCc3cccnc32)cc1. The van der Waals surface area contributed by atoms with Crippen LogP contribution in [0.4, 0.5) is 0 Å². The molecule has 0 bridgehead atoms. The minimum absolute atomic E-state index is 0.325. The zero-order valence-corrected chi connectivity index (χ0v) is 10.8. The molecule has 1 aliphatic rings. The number of rotatable bonds is 4. The van der Waals surface area contributed by atoms with Crippen LogP contribution in [0.3, 0.4) is 0 Å². The smallest absolute Gasteiger partial charge is 0.115 e. The van der Waals surface area contributed by atoms with E-state index in [1.807, 2.05) is 24.4 Å². The van der Waals surface area contributed by atoms with Gasteiger partial charge in [-0.05, 0) is 55.1 Å². The van der Waals surface area contributed by atoms with E-state index in [1.165, 1.54) is 16.8 Å². The lowest BCUT2D eigenvalue weighted by Gasteiger charge is -2.13. The Balaban J connectivity index is 1.55. The van der Waals surface area contributed by atoms with Gasteiger partial charge in [0.25, 0.3) is 0 Å². The second-order valence-corrected chi connectivity index (χ2v) is 5.01. The molecule has 3 nitrogen and oxygen atoms in total. The number of nitrogens with one attached hydrogen (secondary N) is 1. The molecule has 0 spiro atoms. The Kier molecular flexibility index (Phi) is 3.47. The van der Waals surface area contributed by atoms with Crippen molar-refractivity contribution in [3.63, 3.8) is 0 Å². The van der Waals surface area contributed by atoms with E-state index >= 15 is 0 Å².